The molecule has 1 aliphatic rings. The molecule has 0 saturated heterocycles. The maximum absolute atomic E-state index is 12.2. The number of carboxylic acids is 2. The molecule has 1 amide bonds. The van der Waals surface area contributed by atoms with Crippen molar-refractivity contribution in [1.82, 2.24) is 5.32 Å². The Morgan fingerprint density at radius 2 is 1.93 bits per heavy atom. The normalized spacial score (nSPS) is 11.8. The molecule has 11 heteroatoms. The van der Waals surface area contributed by atoms with Crippen molar-refractivity contribution in [1.29, 1.82) is 0 Å². The van der Waals surface area contributed by atoms with Crippen LogP contribution in [0.1, 0.15) is 39.9 Å². The summed E-state index contributed by atoms with van der Waals surface area (Å²) in [7, 11) is 0. The zero-order chi connectivity index (χ0) is 22.1. The minimum absolute atomic E-state index is 0.144. The lowest BCUT2D eigenvalue weighted by Gasteiger charge is -2.08. The lowest BCUT2D eigenvalue weighted by atomic mass is 10.1. The summed E-state index contributed by atoms with van der Waals surface area (Å²) in [5, 5.41) is 21.2. The fourth-order valence-electron chi connectivity index (χ4n) is 2.79. The Bertz CT molecular complexity index is 892. The molecule has 162 valence electrons. The van der Waals surface area contributed by atoms with Crippen LogP contribution in [-0.2, 0) is 38.5 Å². The highest BCUT2D eigenvalue weighted by atomic mass is 32.1. The number of thiophene rings is 1. The van der Waals surface area contributed by atoms with Crippen LogP contribution in [0.3, 0.4) is 0 Å². The number of carbonyl (C=O) groups excluding carboxylic acids is 2. The maximum atomic E-state index is 12.2. The second-order valence-corrected chi connectivity index (χ2v) is 7.23. The first-order chi connectivity index (χ1) is 14.3. The molecule has 3 rings (SSSR count). The molecule has 0 unspecified atom stereocenters. The van der Waals surface area contributed by atoms with E-state index in [0.29, 0.717) is 23.7 Å². The summed E-state index contributed by atoms with van der Waals surface area (Å²) < 4.78 is 10.4. The highest BCUT2D eigenvalue weighted by Crippen LogP contribution is 2.39. The molecule has 0 spiro atoms. The molecule has 2 heterocycles. The fraction of sp³-hybridized carbons (Fsp3) is 0.368. The summed E-state index contributed by atoms with van der Waals surface area (Å²) in [5.41, 5.74) is 1.58. The standard InChI is InChI=1S/C17H20N2O4S.C2H2O4/c1-2-22-17(21)15-12-6-3-7-13(12)24-16(15)19-14(20)10-18-9-11-5-4-8-23-11;3-1(4)2(5)6/h4-5,8,18H,2-3,6-7,9-10H2,1H3,(H,19,20);(H,3,4)(H,5,6). The smallest absolute Gasteiger partial charge is 0.414 e. The molecule has 10 nitrogen and oxygen atoms in total. The van der Waals surface area contributed by atoms with Crippen molar-refractivity contribution in [3.8, 4) is 0 Å². The Balaban J connectivity index is 0.000000469. The van der Waals surface area contributed by atoms with Crippen molar-refractivity contribution in [2.75, 3.05) is 18.5 Å². The minimum atomic E-state index is -1.82. The van der Waals surface area contributed by atoms with Crippen LogP contribution >= 0.6 is 11.3 Å². The van der Waals surface area contributed by atoms with E-state index >= 15 is 0 Å². The molecule has 0 atom stereocenters. The van der Waals surface area contributed by atoms with E-state index in [2.05, 4.69) is 10.6 Å². The van der Waals surface area contributed by atoms with E-state index in [1.54, 1.807) is 19.3 Å². The number of ether oxygens (including phenoxy) is 1. The van der Waals surface area contributed by atoms with Gasteiger partial charge in [0.25, 0.3) is 0 Å². The lowest BCUT2D eigenvalue weighted by Crippen LogP contribution is -2.28. The van der Waals surface area contributed by atoms with Crippen LogP contribution in [0.4, 0.5) is 5.00 Å². The van der Waals surface area contributed by atoms with Gasteiger partial charge in [-0.25, -0.2) is 14.4 Å². The number of fused-ring (bicyclic) bond motifs is 1. The Kier molecular flexibility index (Phi) is 8.56. The molecule has 2 aromatic heterocycles. The fourth-order valence-corrected chi connectivity index (χ4v) is 4.09. The van der Waals surface area contributed by atoms with Gasteiger partial charge in [-0.15, -0.1) is 11.3 Å². The van der Waals surface area contributed by atoms with E-state index in [-0.39, 0.29) is 18.4 Å². The molecule has 0 saturated carbocycles. The van der Waals surface area contributed by atoms with Gasteiger partial charge in [0, 0.05) is 4.88 Å². The molecular weight excluding hydrogens is 416 g/mol. The van der Waals surface area contributed by atoms with Crippen LogP contribution in [0, 0.1) is 0 Å². The minimum Gasteiger partial charge on any atom is -0.473 e. The molecule has 0 bridgehead atoms. The van der Waals surface area contributed by atoms with Crippen LogP contribution in [0.2, 0.25) is 0 Å². The van der Waals surface area contributed by atoms with Crippen LogP contribution in [0.25, 0.3) is 0 Å². The topological polar surface area (TPSA) is 155 Å². The SMILES string of the molecule is CCOC(=O)c1c(NC(=O)CNCc2ccco2)sc2c1CCC2.O=C(O)C(=O)O. The summed E-state index contributed by atoms with van der Waals surface area (Å²) in [6.45, 7) is 2.72. The van der Waals surface area contributed by atoms with Crippen molar-refractivity contribution >= 4 is 40.2 Å². The third kappa shape index (κ3) is 6.42. The Hall–Kier alpha value is -3.18. The van der Waals surface area contributed by atoms with E-state index in [1.807, 2.05) is 6.07 Å². The maximum Gasteiger partial charge on any atom is 0.414 e. The van der Waals surface area contributed by atoms with Crippen LogP contribution in [0.15, 0.2) is 22.8 Å². The van der Waals surface area contributed by atoms with Crippen LogP contribution in [0.5, 0.6) is 0 Å². The van der Waals surface area contributed by atoms with E-state index in [1.165, 1.54) is 16.2 Å². The predicted molar refractivity (Wildman–Crippen MR) is 107 cm³/mol. The first-order valence-corrected chi connectivity index (χ1v) is 9.95. The molecule has 4 N–H and O–H groups in total. The third-order valence-corrected chi connectivity index (χ3v) is 5.21. The zero-order valence-electron chi connectivity index (χ0n) is 16.2. The monoisotopic (exact) mass is 438 g/mol. The highest BCUT2D eigenvalue weighted by Gasteiger charge is 2.28. The van der Waals surface area contributed by atoms with E-state index in [9.17, 15) is 9.59 Å². The van der Waals surface area contributed by atoms with Gasteiger partial charge >= 0.3 is 17.9 Å². The number of nitrogens with one attached hydrogen (secondary N) is 2. The van der Waals surface area contributed by atoms with Crippen LogP contribution < -0.4 is 10.6 Å². The quantitative estimate of drug-likeness (QED) is 0.374. The van der Waals surface area contributed by atoms with Gasteiger partial charge in [0.2, 0.25) is 5.91 Å². The zero-order valence-corrected chi connectivity index (χ0v) is 17.0. The Morgan fingerprint density at radius 1 is 1.20 bits per heavy atom. The van der Waals surface area contributed by atoms with Gasteiger partial charge in [0.15, 0.2) is 0 Å². The van der Waals surface area contributed by atoms with Crippen molar-refractivity contribution in [2.45, 2.75) is 32.7 Å². The highest BCUT2D eigenvalue weighted by molar-refractivity contribution is 7.17. The van der Waals surface area contributed by atoms with Gasteiger partial charge in [-0.05, 0) is 43.9 Å². The second-order valence-electron chi connectivity index (χ2n) is 6.12. The summed E-state index contributed by atoms with van der Waals surface area (Å²) >= 11 is 1.48. The number of aryl methyl sites for hydroxylation is 1. The van der Waals surface area contributed by atoms with Gasteiger partial charge in [0.1, 0.15) is 10.8 Å². The average Bonchev–Trinajstić information content (AvgIpc) is 3.40. The van der Waals surface area contributed by atoms with Crippen molar-refractivity contribution in [2.24, 2.45) is 0 Å². The first kappa shape index (κ1) is 23.1. The molecular formula is C19H22N2O8S. The number of amides is 1. The molecule has 2 aromatic rings. The number of rotatable bonds is 7. The number of aliphatic carboxylic acids is 2. The first-order valence-electron chi connectivity index (χ1n) is 9.14. The average molecular weight is 438 g/mol. The summed E-state index contributed by atoms with van der Waals surface area (Å²) in [6, 6.07) is 3.64. The predicted octanol–water partition coefficient (Wildman–Crippen LogP) is 1.89. The lowest BCUT2D eigenvalue weighted by molar-refractivity contribution is -0.159. The van der Waals surface area contributed by atoms with Gasteiger partial charge in [-0.1, -0.05) is 0 Å². The number of hydrogen-bond acceptors (Lipinski definition) is 8. The second kappa shape index (κ2) is 11.1. The summed E-state index contributed by atoms with van der Waals surface area (Å²) in [6.07, 6.45) is 4.47. The number of esters is 1. The van der Waals surface area contributed by atoms with E-state index in [4.69, 9.17) is 29.0 Å². The molecule has 0 radical (unpaired) electrons. The molecule has 0 aliphatic heterocycles. The van der Waals surface area contributed by atoms with Crippen molar-refractivity contribution in [3.05, 3.63) is 40.2 Å². The van der Waals surface area contributed by atoms with Gasteiger partial charge in [-0.3, -0.25) is 4.79 Å². The molecule has 1 aliphatic carbocycles. The summed E-state index contributed by atoms with van der Waals surface area (Å²) in [5.74, 6) is -3.42. The molecule has 0 fully saturated rings. The van der Waals surface area contributed by atoms with Gasteiger partial charge < -0.3 is 30.0 Å². The number of furan rings is 1. The van der Waals surface area contributed by atoms with Crippen molar-refractivity contribution < 1.29 is 38.5 Å². The Labute approximate surface area is 175 Å². The number of carboxylic acid groups (broad SMARTS) is 2. The van der Waals surface area contributed by atoms with Gasteiger partial charge in [0.05, 0.1) is 31.5 Å². The third-order valence-electron chi connectivity index (χ3n) is 4.00. The Morgan fingerprint density at radius 3 is 2.53 bits per heavy atom. The van der Waals surface area contributed by atoms with E-state index in [0.717, 1.165) is 30.6 Å². The van der Waals surface area contributed by atoms with Gasteiger partial charge in [-0.2, -0.15) is 0 Å². The number of anilines is 1. The number of carbonyl (C=O) groups is 4. The number of hydrogen-bond donors (Lipinski definition) is 4. The largest absolute Gasteiger partial charge is 0.473 e. The van der Waals surface area contributed by atoms with E-state index < -0.39 is 11.9 Å². The van der Waals surface area contributed by atoms with Crippen LogP contribution in [-0.4, -0.2) is 47.2 Å². The molecule has 0 aromatic carbocycles. The molecule has 30 heavy (non-hydrogen) atoms. The van der Waals surface area contributed by atoms with Crippen molar-refractivity contribution in [3.63, 3.8) is 0 Å². The summed E-state index contributed by atoms with van der Waals surface area (Å²) in [4.78, 5) is 43.8.